The number of aryl methyl sites for hydroxylation is 1. The summed E-state index contributed by atoms with van der Waals surface area (Å²) in [5.41, 5.74) is 0.0840. The molecule has 1 aromatic rings. The molecule has 2 N–H and O–H groups in total. The Labute approximate surface area is 181 Å². The highest BCUT2D eigenvalue weighted by atomic mass is 127. The van der Waals surface area contributed by atoms with E-state index in [4.69, 9.17) is 4.99 Å². The van der Waals surface area contributed by atoms with E-state index >= 15 is 0 Å². The van der Waals surface area contributed by atoms with Gasteiger partial charge in [-0.3, -0.25) is 9.89 Å². The van der Waals surface area contributed by atoms with E-state index in [-0.39, 0.29) is 29.5 Å². The maximum absolute atomic E-state index is 4.86. The van der Waals surface area contributed by atoms with E-state index < -0.39 is 0 Å². The summed E-state index contributed by atoms with van der Waals surface area (Å²) >= 11 is 0. The van der Waals surface area contributed by atoms with Crippen LogP contribution in [0.25, 0.3) is 0 Å². The third-order valence-electron chi connectivity index (χ3n) is 5.14. The molecule has 0 radical (unpaired) electrons. The first-order chi connectivity index (χ1) is 12.5. The number of aromatic nitrogens is 3. The molecular formula is C19H38IN7. The molecule has 0 saturated carbocycles. The van der Waals surface area contributed by atoms with E-state index in [1.165, 1.54) is 25.9 Å². The molecule has 1 saturated heterocycles. The molecule has 0 spiro atoms. The van der Waals surface area contributed by atoms with Crippen molar-refractivity contribution < 1.29 is 0 Å². The molecule has 0 amide bonds. The maximum Gasteiger partial charge on any atom is 0.191 e. The number of rotatable bonds is 8. The van der Waals surface area contributed by atoms with Crippen molar-refractivity contribution in [3.63, 3.8) is 0 Å². The van der Waals surface area contributed by atoms with Crippen molar-refractivity contribution in [3.8, 4) is 0 Å². The molecule has 1 fully saturated rings. The molecular weight excluding hydrogens is 453 g/mol. The van der Waals surface area contributed by atoms with E-state index in [0.29, 0.717) is 0 Å². The number of aliphatic imine (C=N–C) groups is 1. The Morgan fingerprint density at radius 2 is 2.11 bits per heavy atom. The van der Waals surface area contributed by atoms with Gasteiger partial charge in [-0.05, 0) is 46.1 Å². The summed E-state index contributed by atoms with van der Waals surface area (Å²) in [7, 11) is 0. The van der Waals surface area contributed by atoms with Crippen molar-refractivity contribution in [1.82, 2.24) is 30.3 Å². The summed E-state index contributed by atoms with van der Waals surface area (Å²) in [4.78, 5) is 7.46. The second-order valence-corrected chi connectivity index (χ2v) is 7.92. The van der Waals surface area contributed by atoms with Crippen molar-refractivity contribution in [2.75, 3.05) is 32.7 Å². The molecule has 156 valence electrons. The van der Waals surface area contributed by atoms with E-state index in [9.17, 15) is 0 Å². The minimum absolute atomic E-state index is 0. The first-order valence-electron chi connectivity index (χ1n) is 10.1. The highest BCUT2D eigenvalue weighted by molar-refractivity contribution is 14.0. The molecule has 27 heavy (non-hydrogen) atoms. The molecule has 1 aliphatic rings. The zero-order valence-electron chi connectivity index (χ0n) is 17.7. The Hall–Kier alpha value is -0.900. The molecule has 2 heterocycles. The fourth-order valence-corrected chi connectivity index (χ4v) is 3.49. The average molecular weight is 491 g/mol. The van der Waals surface area contributed by atoms with Crippen LogP contribution in [0.15, 0.2) is 11.3 Å². The number of nitrogens with zero attached hydrogens (tertiary/aromatic N) is 5. The molecule has 1 aliphatic heterocycles. The SMILES string of the molecule is CCNC(=NCC(C)(C)N1CCCC(C)C1)NCCn1cnnc1CC.I. The lowest BCUT2D eigenvalue weighted by atomic mass is 9.94. The van der Waals surface area contributed by atoms with Gasteiger partial charge in [-0.25, -0.2) is 0 Å². The van der Waals surface area contributed by atoms with Crippen LogP contribution in [-0.2, 0) is 13.0 Å². The Bertz CT molecular complexity index is 570. The quantitative estimate of drug-likeness (QED) is 0.332. The van der Waals surface area contributed by atoms with Gasteiger partial charge in [-0.2, -0.15) is 0 Å². The van der Waals surface area contributed by atoms with Gasteiger partial charge < -0.3 is 15.2 Å². The number of piperidine rings is 1. The van der Waals surface area contributed by atoms with E-state index in [0.717, 1.165) is 50.3 Å². The lowest BCUT2D eigenvalue weighted by Gasteiger charge is -2.42. The van der Waals surface area contributed by atoms with E-state index in [2.05, 4.69) is 64.9 Å². The molecule has 2 rings (SSSR count). The maximum atomic E-state index is 4.86. The normalized spacial score (nSPS) is 18.9. The third-order valence-corrected chi connectivity index (χ3v) is 5.14. The van der Waals surface area contributed by atoms with Crippen LogP contribution >= 0.6 is 24.0 Å². The van der Waals surface area contributed by atoms with Gasteiger partial charge in [0.05, 0.1) is 6.54 Å². The number of nitrogens with one attached hydrogen (secondary N) is 2. The second-order valence-electron chi connectivity index (χ2n) is 7.92. The van der Waals surface area contributed by atoms with Crippen LogP contribution in [0.1, 0.15) is 53.3 Å². The lowest BCUT2D eigenvalue weighted by Crippen LogP contribution is -2.51. The van der Waals surface area contributed by atoms with Crippen molar-refractivity contribution in [2.45, 2.75) is 66.0 Å². The van der Waals surface area contributed by atoms with Gasteiger partial charge >= 0.3 is 0 Å². The first-order valence-corrected chi connectivity index (χ1v) is 10.1. The lowest BCUT2D eigenvalue weighted by molar-refractivity contribution is 0.0774. The molecule has 1 aromatic heterocycles. The van der Waals surface area contributed by atoms with Crippen molar-refractivity contribution in [3.05, 3.63) is 12.2 Å². The first kappa shape index (κ1) is 24.1. The summed E-state index contributed by atoms with van der Waals surface area (Å²) in [6.45, 7) is 16.8. The van der Waals surface area contributed by atoms with Gasteiger partial charge in [0.25, 0.3) is 0 Å². The molecule has 0 bridgehead atoms. The van der Waals surface area contributed by atoms with Crippen LogP contribution in [0.5, 0.6) is 0 Å². The highest BCUT2D eigenvalue weighted by Crippen LogP contribution is 2.24. The van der Waals surface area contributed by atoms with Crippen LogP contribution in [0.4, 0.5) is 0 Å². The fourth-order valence-electron chi connectivity index (χ4n) is 3.49. The van der Waals surface area contributed by atoms with Crippen LogP contribution in [-0.4, -0.2) is 63.9 Å². The topological polar surface area (TPSA) is 70.4 Å². The smallest absolute Gasteiger partial charge is 0.191 e. The summed E-state index contributed by atoms with van der Waals surface area (Å²) in [5.74, 6) is 2.70. The van der Waals surface area contributed by atoms with E-state index in [1.807, 2.05) is 0 Å². The minimum Gasteiger partial charge on any atom is -0.357 e. The van der Waals surface area contributed by atoms with Gasteiger partial charge in [0.15, 0.2) is 5.96 Å². The molecule has 7 nitrogen and oxygen atoms in total. The van der Waals surface area contributed by atoms with Crippen molar-refractivity contribution >= 4 is 29.9 Å². The summed E-state index contributed by atoms with van der Waals surface area (Å²) in [5, 5.41) is 14.9. The number of hydrogen-bond acceptors (Lipinski definition) is 4. The zero-order valence-corrected chi connectivity index (χ0v) is 20.0. The Kier molecular flexibility index (Phi) is 10.6. The van der Waals surface area contributed by atoms with Gasteiger partial charge in [-0.1, -0.05) is 13.8 Å². The largest absolute Gasteiger partial charge is 0.357 e. The van der Waals surface area contributed by atoms with Gasteiger partial charge in [0.2, 0.25) is 0 Å². The van der Waals surface area contributed by atoms with Crippen LogP contribution in [0, 0.1) is 5.92 Å². The summed E-state index contributed by atoms with van der Waals surface area (Å²) < 4.78 is 2.09. The standard InChI is InChI=1S/C19H37N7.HI/c1-6-17-24-23-15-25(17)12-10-21-18(20-7-2)22-14-19(4,5)26-11-8-9-16(3)13-26;/h15-16H,6-14H2,1-5H3,(H2,20,21,22);1H. The Morgan fingerprint density at radius 3 is 2.78 bits per heavy atom. The van der Waals surface area contributed by atoms with Crippen molar-refractivity contribution in [1.29, 1.82) is 0 Å². The molecule has 1 unspecified atom stereocenters. The van der Waals surface area contributed by atoms with E-state index in [1.54, 1.807) is 6.33 Å². The van der Waals surface area contributed by atoms with Gasteiger partial charge in [0, 0.05) is 38.1 Å². The monoisotopic (exact) mass is 491 g/mol. The zero-order chi connectivity index (χ0) is 19.0. The van der Waals surface area contributed by atoms with Crippen molar-refractivity contribution in [2.24, 2.45) is 10.9 Å². The Morgan fingerprint density at radius 1 is 1.33 bits per heavy atom. The van der Waals surface area contributed by atoms with Crippen LogP contribution in [0.2, 0.25) is 0 Å². The number of likely N-dealkylation sites (tertiary alicyclic amines) is 1. The number of guanidine groups is 1. The summed E-state index contributed by atoms with van der Waals surface area (Å²) in [6.07, 6.45) is 5.34. The fraction of sp³-hybridized carbons (Fsp3) is 0.842. The average Bonchev–Trinajstić information content (AvgIpc) is 3.07. The predicted octanol–water partition coefficient (Wildman–Crippen LogP) is 2.52. The highest BCUT2D eigenvalue weighted by Gasteiger charge is 2.29. The molecule has 0 aliphatic carbocycles. The molecule has 0 aromatic carbocycles. The molecule has 8 heteroatoms. The third kappa shape index (κ3) is 7.56. The second kappa shape index (κ2) is 11.8. The predicted molar refractivity (Wildman–Crippen MR) is 123 cm³/mol. The minimum atomic E-state index is 0. The number of halogens is 1. The van der Waals surface area contributed by atoms with Gasteiger partial charge in [-0.15, -0.1) is 34.2 Å². The van der Waals surface area contributed by atoms with Crippen LogP contribution < -0.4 is 10.6 Å². The molecule has 1 atom stereocenters. The van der Waals surface area contributed by atoms with Crippen LogP contribution in [0.3, 0.4) is 0 Å². The number of hydrogen-bond donors (Lipinski definition) is 2. The summed E-state index contributed by atoms with van der Waals surface area (Å²) in [6, 6.07) is 0. The Balaban J connectivity index is 0.00000364. The van der Waals surface area contributed by atoms with Gasteiger partial charge in [0.1, 0.15) is 12.2 Å².